The summed E-state index contributed by atoms with van der Waals surface area (Å²) in [4.78, 5) is 8.97. The average molecular weight is 269 g/mol. The van der Waals surface area contributed by atoms with Gasteiger partial charge in [0.1, 0.15) is 5.82 Å². The molecule has 0 aliphatic heterocycles. The molecule has 1 atom stereocenters. The van der Waals surface area contributed by atoms with Crippen molar-refractivity contribution in [1.82, 2.24) is 15.3 Å². The fourth-order valence-electron chi connectivity index (χ4n) is 2.21. The largest absolute Gasteiger partial charge is 0.307 e. The van der Waals surface area contributed by atoms with E-state index < -0.39 is 0 Å². The Morgan fingerprint density at radius 1 is 1.10 bits per heavy atom. The van der Waals surface area contributed by atoms with Crippen molar-refractivity contribution in [2.45, 2.75) is 39.7 Å². The summed E-state index contributed by atoms with van der Waals surface area (Å²) in [6, 6.07) is 8.69. The highest BCUT2D eigenvalue weighted by molar-refractivity contribution is 5.27. The van der Waals surface area contributed by atoms with Crippen LogP contribution >= 0.6 is 0 Å². The lowest BCUT2D eigenvalue weighted by Gasteiger charge is -2.18. The molecular formula is C17H23N3. The Bertz CT molecular complexity index is 534. The number of aryl methyl sites for hydroxylation is 2. The molecule has 1 unspecified atom stereocenters. The molecule has 106 valence electrons. The topological polar surface area (TPSA) is 37.8 Å². The quantitative estimate of drug-likeness (QED) is 0.873. The van der Waals surface area contributed by atoms with Crippen LogP contribution in [0.15, 0.2) is 36.7 Å². The summed E-state index contributed by atoms with van der Waals surface area (Å²) >= 11 is 0. The van der Waals surface area contributed by atoms with Gasteiger partial charge in [-0.05, 0) is 49.9 Å². The average Bonchev–Trinajstić information content (AvgIpc) is 2.46. The first-order valence-corrected chi connectivity index (χ1v) is 7.27. The number of nitrogens with zero attached hydrogens (tertiary/aromatic N) is 2. The van der Waals surface area contributed by atoms with Gasteiger partial charge in [0, 0.05) is 12.4 Å². The summed E-state index contributed by atoms with van der Waals surface area (Å²) in [5.74, 6) is 0.882. The van der Waals surface area contributed by atoms with Crippen molar-refractivity contribution in [3.05, 3.63) is 59.2 Å². The molecule has 0 amide bonds. The van der Waals surface area contributed by atoms with E-state index in [1.54, 1.807) is 0 Å². The van der Waals surface area contributed by atoms with Crippen molar-refractivity contribution >= 4 is 0 Å². The van der Waals surface area contributed by atoms with Crippen molar-refractivity contribution in [3.63, 3.8) is 0 Å². The van der Waals surface area contributed by atoms with Crippen molar-refractivity contribution in [2.75, 3.05) is 6.54 Å². The van der Waals surface area contributed by atoms with E-state index in [0.29, 0.717) is 0 Å². The Labute approximate surface area is 121 Å². The molecule has 3 heteroatoms. The first-order valence-electron chi connectivity index (χ1n) is 7.27. The molecule has 1 heterocycles. The molecular weight excluding hydrogens is 246 g/mol. The van der Waals surface area contributed by atoms with Crippen LogP contribution in [0.4, 0.5) is 0 Å². The minimum absolute atomic E-state index is 0.177. The van der Waals surface area contributed by atoms with Gasteiger partial charge in [-0.25, -0.2) is 9.97 Å². The summed E-state index contributed by atoms with van der Waals surface area (Å²) in [5.41, 5.74) is 3.77. The molecule has 2 rings (SSSR count). The van der Waals surface area contributed by atoms with Gasteiger partial charge in [-0.15, -0.1) is 0 Å². The van der Waals surface area contributed by atoms with Gasteiger partial charge < -0.3 is 5.32 Å². The van der Waals surface area contributed by atoms with E-state index in [2.05, 4.69) is 53.4 Å². The third-order valence-electron chi connectivity index (χ3n) is 3.44. The molecule has 0 spiro atoms. The van der Waals surface area contributed by atoms with Crippen LogP contribution in [0.3, 0.4) is 0 Å². The highest BCUT2D eigenvalue weighted by Crippen LogP contribution is 2.18. The van der Waals surface area contributed by atoms with Crippen LogP contribution in [-0.2, 0) is 6.42 Å². The zero-order chi connectivity index (χ0) is 14.4. The fourth-order valence-corrected chi connectivity index (χ4v) is 2.21. The van der Waals surface area contributed by atoms with Gasteiger partial charge in [-0.2, -0.15) is 0 Å². The Morgan fingerprint density at radius 2 is 1.80 bits per heavy atom. The van der Waals surface area contributed by atoms with Crippen molar-refractivity contribution in [3.8, 4) is 0 Å². The maximum atomic E-state index is 4.48. The van der Waals surface area contributed by atoms with Gasteiger partial charge in [-0.3, -0.25) is 0 Å². The molecule has 0 saturated heterocycles. The van der Waals surface area contributed by atoms with Gasteiger partial charge in [0.15, 0.2) is 0 Å². The van der Waals surface area contributed by atoms with Gasteiger partial charge in [0.25, 0.3) is 0 Å². The Morgan fingerprint density at radius 3 is 2.45 bits per heavy atom. The smallest absolute Gasteiger partial charge is 0.145 e. The molecule has 0 fully saturated rings. The molecule has 2 aromatic rings. The molecule has 0 radical (unpaired) electrons. The van der Waals surface area contributed by atoms with Crippen LogP contribution in [0.1, 0.15) is 41.9 Å². The molecule has 1 aromatic carbocycles. The molecule has 0 aliphatic carbocycles. The van der Waals surface area contributed by atoms with E-state index in [1.165, 1.54) is 11.1 Å². The lowest BCUT2D eigenvalue weighted by molar-refractivity contribution is 0.503. The predicted octanol–water partition coefficient (Wildman–Crippen LogP) is 3.38. The van der Waals surface area contributed by atoms with E-state index in [0.717, 1.165) is 30.8 Å². The maximum Gasteiger partial charge on any atom is 0.145 e. The first-order chi connectivity index (χ1) is 9.70. The van der Waals surface area contributed by atoms with Crippen molar-refractivity contribution in [1.29, 1.82) is 0 Å². The SMILES string of the molecule is CCCNC(Cc1ccccc1C)c1ncc(C)cn1. The second kappa shape index (κ2) is 7.15. The van der Waals surface area contributed by atoms with Gasteiger partial charge in [0.2, 0.25) is 0 Å². The monoisotopic (exact) mass is 269 g/mol. The van der Waals surface area contributed by atoms with E-state index >= 15 is 0 Å². The molecule has 20 heavy (non-hydrogen) atoms. The second-order valence-electron chi connectivity index (χ2n) is 5.26. The van der Waals surface area contributed by atoms with E-state index in [9.17, 15) is 0 Å². The Kier molecular flexibility index (Phi) is 5.24. The predicted molar refractivity (Wildman–Crippen MR) is 82.7 cm³/mol. The number of rotatable bonds is 6. The molecule has 1 aromatic heterocycles. The zero-order valence-electron chi connectivity index (χ0n) is 12.6. The highest BCUT2D eigenvalue weighted by atomic mass is 15.0. The molecule has 0 bridgehead atoms. The molecule has 3 nitrogen and oxygen atoms in total. The Balaban J connectivity index is 2.19. The van der Waals surface area contributed by atoms with Crippen LogP contribution in [0.25, 0.3) is 0 Å². The van der Waals surface area contributed by atoms with Crippen LogP contribution in [0.2, 0.25) is 0 Å². The summed E-state index contributed by atoms with van der Waals surface area (Å²) < 4.78 is 0. The van der Waals surface area contributed by atoms with E-state index in [1.807, 2.05) is 19.3 Å². The normalized spacial score (nSPS) is 12.3. The molecule has 0 saturated carbocycles. The first kappa shape index (κ1) is 14.7. The number of nitrogens with one attached hydrogen (secondary N) is 1. The van der Waals surface area contributed by atoms with Gasteiger partial charge in [-0.1, -0.05) is 31.2 Å². The fraction of sp³-hybridized carbons (Fsp3) is 0.412. The van der Waals surface area contributed by atoms with Crippen molar-refractivity contribution < 1.29 is 0 Å². The number of aromatic nitrogens is 2. The minimum Gasteiger partial charge on any atom is -0.307 e. The third-order valence-corrected chi connectivity index (χ3v) is 3.44. The second-order valence-corrected chi connectivity index (χ2v) is 5.26. The van der Waals surface area contributed by atoms with Gasteiger partial charge >= 0.3 is 0 Å². The van der Waals surface area contributed by atoms with Crippen molar-refractivity contribution in [2.24, 2.45) is 0 Å². The standard InChI is InChI=1S/C17H23N3/c1-4-9-18-16(17-19-11-13(2)12-20-17)10-15-8-6-5-7-14(15)3/h5-8,11-12,16,18H,4,9-10H2,1-3H3. The maximum absolute atomic E-state index is 4.48. The summed E-state index contributed by atoms with van der Waals surface area (Å²) in [5, 5.41) is 3.56. The summed E-state index contributed by atoms with van der Waals surface area (Å²) in [7, 11) is 0. The van der Waals surface area contributed by atoms with Crippen LogP contribution in [0, 0.1) is 13.8 Å². The van der Waals surface area contributed by atoms with E-state index in [-0.39, 0.29) is 6.04 Å². The van der Waals surface area contributed by atoms with Crippen LogP contribution in [0.5, 0.6) is 0 Å². The number of hydrogen-bond acceptors (Lipinski definition) is 3. The summed E-state index contributed by atoms with van der Waals surface area (Å²) in [6.07, 6.45) is 5.81. The Hall–Kier alpha value is -1.74. The minimum atomic E-state index is 0.177. The van der Waals surface area contributed by atoms with Crippen LogP contribution < -0.4 is 5.32 Å². The summed E-state index contributed by atoms with van der Waals surface area (Å²) in [6.45, 7) is 7.32. The number of hydrogen-bond donors (Lipinski definition) is 1. The lowest BCUT2D eigenvalue weighted by atomic mass is 10.0. The number of benzene rings is 1. The highest BCUT2D eigenvalue weighted by Gasteiger charge is 2.15. The van der Waals surface area contributed by atoms with E-state index in [4.69, 9.17) is 0 Å². The zero-order valence-corrected chi connectivity index (χ0v) is 12.6. The van der Waals surface area contributed by atoms with Gasteiger partial charge in [0.05, 0.1) is 6.04 Å². The molecule has 0 aliphatic rings. The molecule has 1 N–H and O–H groups in total. The third kappa shape index (κ3) is 3.87. The lowest BCUT2D eigenvalue weighted by Crippen LogP contribution is -2.26. The van der Waals surface area contributed by atoms with Crippen LogP contribution in [-0.4, -0.2) is 16.5 Å².